The van der Waals surface area contributed by atoms with Gasteiger partial charge in [-0.25, -0.2) is 0 Å². The van der Waals surface area contributed by atoms with Gasteiger partial charge in [-0.15, -0.1) is 6.58 Å². The SMILES string of the molecule is C=CCN(CCO)CCN1CCN(C)CC1. The van der Waals surface area contributed by atoms with Crippen LogP contribution in [0.5, 0.6) is 0 Å². The van der Waals surface area contributed by atoms with E-state index in [2.05, 4.69) is 28.3 Å². The molecule has 0 unspecified atom stereocenters. The zero-order valence-electron chi connectivity index (χ0n) is 10.4. The van der Waals surface area contributed by atoms with E-state index in [0.29, 0.717) is 0 Å². The molecule has 0 spiro atoms. The zero-order chi connectivity index (χ0) is 11.8. The lowest BCUT2D eigenvalue weighted by Crippen LogP contribution is -2.47. The van der Waals surface area contributed by atoms with Crippen molar-refractivity contribution in [1.29, 1.82) is 0 Å². The van der Waals surface area contributed by atoms with Crippen LogP contribution in [-0.4, -0.2) is 85.8 Å². The van der Waals surface area contributed by atoms with E-state index in [9.17, 15) is 0 Å². The number of rotatable bonds is 7. The summed E-state index contributed by atoms with van der Waals surface area (Å²) in [5.41, 5.74) is 0. The molecule has 1 rings (SSSR count). The number of hydrogen-bond donors (Lipinski definition) is 1. The fraction of sp³-hybridized carbons (Fsp3) is 0.833. The molecule has 0 radical (unpaired) electrons. The van der Waals surface area contributed by atoms with E-state index < -0.39 is 0 Å². The third-order valence-electron chi connectivity index (χ3n) is 3.13. The van der Waals surface area contributed by atoms with Gasteiger partial charge in [0.15, 0.2) is 0 Å². The first-order valence-corrected chi connectivity index (χ1v) is 6.11. The highest BCUT2D eigenvalue weighted by atomic mass is 16.3. The molecule has 0 aromatic heterocycles. The van der Waals surface area contributed by atoms with Gasteiger partial charge in [-0.3, -0.25) is 9.80 Å². The van der Waals surface area contributed by atoms with E-state index in [-0.39, 0.29) is 6.61 Å². The average Bonchev–Trinajstić information content (AvgIpc) is 2.29. The lowest BCUT2D eigenvalue weighted by Gasteiger charge is -2.33. The Morgan fingerprint density at radius 2 is 1.94 bits per heavy atom. The quantitative estimate of drug-likeness (QED) is 0.606. The van der Waals surface area contributed by atoms with E-state index in [1.165, 1.54) is 13.1 Å². The standard InChI is InChI=1S/C12H25N3O/c1-3-4-14(11-12-16)9-10-15-7-5-13(2)6-8-15/h3,16H,1,4-12H2,2H3. The van der Waals surface area contributed by atoms with Crippen LogP contribution in [0.2, 0.25) is 0 Å². The minimum Gasteiger partial charge on any atom is -0.395 e. The maximum atomic E-state index is 8.94. The van der Waals surface area contributed by atoms with Crippen LogP contribution >= 0.6 is 0 Å². The minimum absolute atomic E-state index is 0.233. The highest BCUT2D eigenvalue weighted by Crippen LogP contribution is 1.99. The molecule has 1 fully saturated rings. The van der Waals surface area contributed by atoms with E-state index >= 15 is 0 Å². The van der Waals surface area contributed by atoms with Crippen molar-refractivity contribution in [2.75, 3.05) is 66.0 Å². The Bertz CT molecular complexity index is 191. The van der Waals surface area contributed by atoms with Crippen molar-refractivity contribution in [2.24, 2.45) is 0 Å². The van der Waals surface area contributed by atoms with Gasteiger partial charge in [0.1, 0.15) is 0 Å². The molecule has 1 heterocycles. The maximum Gasteiger partial charge on any atom is 0.0558 e. The number of piperazine rings is 1. The van der Waals surface area contributed by atoms with Gasteiger partial charge in [0.25, 0.3) is 0 Å². The van der Waals surface area contributed by atoms with Gasteiger partial charge in [-0.05, 0) is 7.05 Å². The van der Waals surface area contributed by atoms with E-state index in [0.717, 1.165) is 39.3 Å². The Kier molecular flexibility index (Phi) is 6.64. The van der Waals surface area contributed by atoms with Crippen molar-refractivity contribution in [2.45, 2.75) is 0 Å². The zero-order valence-corrected chi connectivity index (χ0v) is 10.4. The summed E-state index contributed by atoms with van der Waals surface area (Å²) in [5.74, 6) is 0. The second kappa shape index (κ2) is 7.79. The summed E-state index contributed by atoms with van der Waals surface area (Å²) in [6.07, 6.45) is 1.90. The highest BCUT2D eigenvalue weighted by molar-refractivity contribution is 4.75. The third-order valence-corrected chi connectivity index (χ3v) is 3.13. The third kappa shape index (κ3) is 5.07. The molecule has 0 atom stereocenters. The topological polar surface area (TPSA) is 30.0 Å². The molecule has 4 nitrogen and oxygen atoms in total. The summed E-state index contributed by atoms with van der Waals surface area (Å²) in [7, 11) is 2.17. The van der Waals surface area contributed by atoms with Gasteiger partial charge in [0.05, 0.1) is 6.61 Å². The summed E-state index contributed by atoms with van der Waals surface area (Å²) >= 11 is 0. The Morgan fingerprint density at radius 3 is 2.50 bits per heavy atom. The molecule has 94 valence electrons. The lowest BCUT2D eigenvalue weighted by atomic mass is 10.3. The van der Waals surface area contributed by atoms with Gasteiger partial charge >= 0.3 is 0 Å². The molecule has 1 aliphatic rings. The minimum atomic E-state index is 0.233. The molecular weight excluding hydrogens is 202 g/mol. The van der Waals surface area contributed by atoms with Crippen LogP contribution < -0.4 is 0 Å². The molecule has 0 aliphatic carbocycles. The van der Waals surface area contributed by atoms with Crippen molar-refractivity contribution in [1.82, 2.24) is 14.7 Å². The van der Waals surface area contributed by atoms with Crippen LogP contribution in [0.3, 0.4) is 0 Å². The van der Waals surface area contributed by atoms with E-state index in [1.807, 2.05) is 6.08 Å². The maximum absolute atomic E-state index is 8.94. The summed E-state index contributed by atoms with van der Waals surface area (Å²) in [6, 6.07) is 0. The van der Waals surface area contributed by atoms with Crippen molar-refractivity contribution >= 4 is 0 Å². The molecule has 1 saturated heterocycles. The van der Waals surface area contributed by atoms with Crippen LogP contribution in [0, 0.1) is 0 Å². The average molecular weight is 227 g/mol. The van der Waals surface area contributed by atoms with Crippen molar-refractivity contribution in [3.63, 3.8) is 0 Å². The van der Waals surface area contributed by atoms with E-state index in [1.54, 1.807) is 0 Å². The number of nitrogens with zero attached hydrogens (tertiary/aromatic N) is 3. The predicted molar refractivity (Wildman–Crippen MR) is 67.7 cm³/mol. The number of aliphatic hydroxyl groups is 1. The first-order valence-electron chi connectivity index (χ1n) is 6.11. The van der Waals surface area contributed by atoms with Crippen LogP contribution in [0.1, 0.15) is 0 Å². The first-order chi connectivity index (χ1) is 7.76. The summed E-state index contributed by atoms with van der Waals surface area (Å²) < 4.78 is 0. The van der Waals surface area contributed by atoms with Crippen molar-refractivity contribution < 1.29 is 5.11 Å². The summed E-state index contributed by atoms with van der Waals surface area (Å²) in [4.78, 5) is 7.10. The Balaban J connectivity index is 2.18. The molecule has 16 heavy (non-hydrogen) atoms. The molecule has 1 aliphatic heterocycles. The molecule has 0 bridgehead atoms. The van der Waals surface area contributed by atoms with Crippen LogP contribution in [0.4, 0.5) is 0 Å². The van der Waals surface area contributed by atoms with Crippen LogP contribution in [0.25, 0.3) is 0 Å². The normalized spacial score (nSPS) is 19.2. The van der Waals surface area contributed by atoms with Crippen molar-refractivity contribution in [3.05, 3.63) is 12.7 Å². The molecule has 0 amide bonds. The highest BCUT2D eigenvalue weighted by Gasteiger charge is 2.14. The van der Waals surface area contributed by atoms with Gasteiger partial charge in [-0.1, -0.05) is 6.08 Å². The fourth-order valence-electron chi connectivity index (χ4n) is 1.97. The summed E-state index contributed by atoms with van der Waals surface area (Å²) in [6.45, 7) is 12.4. The van der Waals surface area contributed by atoms with Gasteiger partial charge in [0.2, 0.25) is 0 Å². The molecule has 4 heteroatoms. The lowest BCUT2D eigenvalue weighted by molar-refractivity contribution is 0.131. The molecule has 1 N–H and O–H groups in total. The smallest absolute Gasteiger partial charge is 0.0558 e. The number of aliphatic hydroxyl groups excluding tert-OH is 1. The predicted octanol–water partition coefficient (Wildman–Crippen LogP) is -0.286. The molecule has 0 saturated carbocycles. The fourth-order valence-corrected chi connectivity index (χ4v) is 1.97. The van der Waals surface area contributed by atoms with Gasteiger partial charge in [0, 0.05) is 52.4 Å². The first kappa shape index (κ1) is 13.6. The number of hydrogen-bond acceptors (Lipinski definition) is 4. The van der Waals surface area contributed by atoms with Gasteiger partial charge in [-0.2, -0.15) is 0 Å². The molecular formula is C12H25N3O. The Labute approximate surface area is 99.1 Å². The Morgan fingerprint density at radius 1 is 1.25 bits per heavy atom. The number of likely N-dealkylation sites (N-methyl/N-ethyl adjacent to an activating group) is 1. The molecule has 0 aromatic rings. The van der Waals surface area contributed by atoms with Crippen LogP contribution in [0.15, 0.2) is 12.7 Å². The largest absolute Gasteiger partial charge is 0.395 e. The van der Waals surface area contributed by atoms with E-state index in [4.69, 9.17) is 5.11 Å². The second-order valence-electron chi connectivity index (χ2n) is 4.46. The second-order valence-corrected chi connectivity index (χ2v) is 4.46. The van der Waals surface area contributed by atoms with Crippen molar-refractivity contribution in [3.8, 4) is 0 Å². The Hall–Kier alpha value is -0.420. The summed E-state index contributed by atoms with van der Waals surface area (Å²) in [5, 5.41) is 8.94. The van der Waals surface area contributed by atoms with Gasteiger partial charge < -0.3 is 10.0 Å². The van der Waals surface area contributed by atoms with Crippen LogP contribution in [-0.2, 0) is 0 Å². The molecule has 0 aromatic carbocycles. The monoisotopic (exact) mass is 227 g/mol.